The van der Waals surface area contributed by atoms with Gasteiger partial charge < -0.3 is 18.9 Å². The van der Waals surface area contributed by atoms with Gasteiger partial charge in [-0.25, -0.2) is 0 Å². The predicted octanol–water partition coefficient (Wildman–Crippen LogP) is 5.21. The van der Waals surface area contributed by atoms with Crippen LogP contribution in [0.2, 0.25) is 0 Å². The van der Waals surface area contributed by atoms with E-state index in [-0.39, 0.29) is 0 Å². The maximum atomic E-state index is 6.89. The van der Waals surface area contributed by atoms with Gasteiger partial charge in [-0.05, 0) is 49.7 Å². The third-order valence-corrected chi connectivity index (χ3v) is 6.38. The molecule has 2 aromatic carbocycles. The summed E-state index contributed by atoms with van der Waals surface area (Å²) in [5, 5.41) is 0. The molecule has 0 N–H and O–H groups in total. The Bertz CT molecular complexity index is 685. The second-order valence-electron chi connectivity index (χ2n) is 8.22. The quantitative estimate of drug-likeness (QED) is 0.681. The molecule has 1 aliphatic heterocycles. The molecule has 2 atom stereocenters. The Morgan fingerprint density at radius 2 is 0.900 bits per heavy atom. The van der Waals surface area contributed by atoms with Crippen LogP contribution in [0.3, 0.4) is 0 Å². The van der Waals surface area contributed by atoms with Gasteiger partial charge in [-0.1, -0.05) is 60.7 Å². The summed E-state index contributed by atoms with van der Waals surface area (Å²) in [5.41, 5.74) is 1.38. The highest BCUT2D eigenvalue weighted by atomic mass is 16.6. The van der Waals surface area contributed by atoms with Crippen LogP contribution in [0.1, 0.15) is 49.7 Å². The van der Waals surface area contributed by atoms with E-state index in [2.05, 4.69) is 60.7 Å². The highest BCUT2D eigenvalue weighted by Crippen LogP contribution is 2.55. The first-order valence-electron chi connectivity index (χ1n) is 11.4. The van der Waals surface area contributed by atoms with Gasteiger partial charge >= 0.3 is 0 Å². The number of ether oxygens (including phenoxy) is 4. The van der Waals surface area contributed by atoms with Gasteiger partial charge in [-0.2, -0.15) is 0 Å². The van der Waals surface area contributed by atoms with E-state index in [1.807, 2.05) is 0 Å². The molecule has 1 aliphatic carbocycles. The maximum Gasteiger partial charge on any atom is 0.126 e. The molecule has 4 nitrogen and oxygen atoms in total. The lowest BCUT2D eigenvalue weighted by molar-refractivity contribution is -0.245. The first kappa shape index (κ1) is 21.5. The van der Waals surface area contributed by atoms with Crippen molar-refractivity contribution in [1.82, 2.24) is 0 Å². The SMILES string of the molecule is c1ccc([C@@]23CCCC[C@]2(c2ccccc2)OCCCOCCOCCCO3)cc1. The van der Waals surface area contributed by atoms with Crippen molar-refractivity contribution in [3.8, 4) is 0 Å². The van der Waals surface area contributed by atoms with Crippen LogP contribution in [-0.4, -0.2) is 39.6 Å². The molecule has 2 aromatic rings. The molecule has 1 heterocycles. The topological polar surface area (TPSA) is 36.9 Å². The van der Waals surface area contributed by atoms with Crippen molar-refractivity contribution in [2.45, 2.75) is 49.7 Å². The third kappa shape index (κ3) is 4.47. The molecule has 4 heteroatoms. The summed E-state index contributed by atoms with van der Waals surface area (Å²) in [6.07, 6.45) is 5.88. The van der Waals surface area contributed by atoms with Gasteiger partial charge in [0.05, 0.1) is 26.4 Å². The Balaban J connectivity index is 1.78. The maximum absolute atomic E-state index is 6.89. The standard InChI is InChI=1S/C26H34O4/c1-3-11-23(12-4-1)25-15-7-8-16-26(25,24-13-5-2-6-14-24)30-20-10-18-28-22-21-27-17-9-19-29-25/h1-6,11-14H,7-10,15-22H2/t25-,26+. The molecule has 2 aliphatic rings. The zero-order valence-electron chi connectivity index (χ0n) is 17.9. The molecule has 2 fully saturated rings. The monoisotopic (exact) mass is 410 g/mol. The lowest BCUT2D eigenvalue weighted by Gasteiger charge is -2.53. The van der Waals surface area contributed by atoms with Crippen LogP contribution in [-0.2, 0) is 30.1 Å². The molecule has 1 saturated carbocycles. The van der Waals surface area contributed by atoms with Crippen molar-refractivity contribution in [3.63, 3.8) is 0 Å². The molecule has 30 heavy (non-hydrogen) atoms. The summed E-state index contributed by atoms with van der Waals surface area (Å²) in [6.45, 7) is 3.94. The zero-order chi connectivity index (χ0) is 20.5. The van der Waals surface area contributed by atoms with Crippen LogP contribution >= 0.6 is 0 Å². The zero-order valence-corrected chi connectivity index (χ0v) is 17.9. The average Bonchev–Trinajstić information content (AvgIpc) is 2.81. The van der Waals surface area contributed by atoms with E-state index in [0.717, 1.165) is 38.5 Å². The Morgan fingerprint density at radius 3 is 1.33 bits per heavy atom. The number of fused-ring (bicyclic) bond motifs is 1. The molecular weight excluding hydrogens is 376 g/mol. The van der Waals surface area contributed by atoms with Crippen molar-refractivity contribution < 1.29 is 18.9 Å². The molecule has 0 bridgehead atoms. The van der Waals surface area contributed by atoms with Gasteiger partial charge in [0, 0.05) is 13.2 Å². The van der Waals surface area contributed by atoms with Crippen LogP contribution in [0.15, 0.2) is 60.7 Å². The highest BCUT2D eigenvalue weighted by molar-refractivity contribution is 5.36. The van der Waals surface area contributed by atoms with Gasteiger partial charge in [-0.3, -0.25) is 0 Å². The van der Waals surface area contributed by atoms with Crippen molar-refractivity contribution in [3.05, 3.63) is 71.8 Å². The Kier molecular flexibility index (Phi) is 7.56. The molecule has 0 spiro atoms. The van der Waals surface area contributed by atoms with Crippen molar-refractivity contribution in [2.75, 3.05) is 39.6 Å². The number of hydrogen-bond acceptors (Lipinski definition) is 4. The van der Waals surface area contributed by atoms with E-state index in [9.17, 15) is 0 Å². The Hall–Kier alpha value is -1.72. The molecule has 0 unspecified atom stereocenters. The fraction of sp³-hybridized carbons (Fsp3) is 0.538. The summed E-state index contributed by atoms with van der Waals surface area (Å²) in [4.78, 5) is 0. The Morgan fingerprint density at radius 1 is 0.467 bits per heavy atom. The smallest absolute Gasteiger partial charge is 0.126 e. The minimum atomic E-state index is -0.515. The van der Waals surface area contributed by atoms with E-state index in [1.165, 1.54) is 11.1 Å². The lowest BCUT2D eigenvalue weighted by Crippen LogP contribution is -2.55. The molecule has 4 rings (SSSR count). The van der Waals surface area contributed by atoms with Gasteiger partial charge in [-0.15, -0.1) is 0 Å². The first-order valence-corrected chi connectivity index (χ1v) is 11.4. The normalized spacial score (nSPS) is 29.5. The molecule has 0 amide bonds. The van der Waals surface area contributed by atoms with Crippen molar-refractivity contribution in [1.29, 1.82) is 0 Å². The molecule has 0 radical (unpaired) electrons. The van der Waals surface area contributed by atoms with Gasteiger partial charge in [0.1, 0.15) is 11.2 Å². The average molecular weight is 411 g/mol. The van der Waals surface area contributed by atoms with Crippen molar-refractivity contribution >= 4 is 0 Å². The molecular formula is C26H34O4. The minimum absolute atomic E-state index is 0.515. The third-order valence-electron chi connectivity index (χ3n) is 6.38. The summed E-state index contributed by atoms with van der Waals surface area (Å²) >= 11 is 0. The number of rotatable bonds is 2. The van der Waals surface area contributed by atoms with Gasteiger partial charge in [0.25, 0.3) is 0 Å². The van der Waals surface area contributed by atoms with Crippen LogP contribution in [0, 0.1) is 0 Å². The summed E-state index contributed by atoms with van der Waals surface area (Å²) in [5.74, 6) is 0. The fourth-order valence-electron chi connectivity index (χ4n) is 5.00. The fourth-order valence-corrected chi connectivity index (χ4v) is 5.00. The second kappa shape index (κ2) is 10.5. The molecule has 0 aromatic heterocycles. The Labute approximate surface area is 180 Å². The van der Waals surface area contributed by atoms with Crippen molar-refractivity contribution in [2.24, 2.45) is 0 Å². The summed E-state index contributed by atoms with van der Waals surface area (Å²) in [6, 6.07) is 21.4. The highest BCUT2D eigenvalue weighted by Gasteiger charge is 2.57. The largest absolute Gasteiger partial charge is 0.379 e. The second-order valence-corrected chi connectivity index (χ2v) is 8.22. The predicted molar refractivity (Wildman–Crippen MR) is 117 cm³/mol. The minimum Gasteiger partial charge on any atom is -0.379 e. The lowest BCUT2D eigenvalue weighted by atomic mass is 9.64. The first-order chi connectivity index (χ1) is 14.9. The van der Waals surface area contributed by atoms with Crippen LogP contribution in [0.4, 0.5) is 0 Å². The van der Waals surface area contributed by atoms with Gasteiger partial charge in [0.15, 0.2) is 0 Å². The van der Waals surface area contributed by atoms with E-state index >= 15 is 0 Å². The number of hydrogen-bond donors (Lipinski definition) is 0. The van der Waals surface area contributed by atoms with Crippen LogP contribution in [0.25, 0.3) is 0 Å². The van der Waals surface area contributed by atoms with E-state index < -0.39 is 11.2 Å². The van der Waals surface area contributed by atoms with E-state index in [0.29, 0.717) is 39.6 Å². The summed E-state index contributed by atoms with van der Waals surface area (Å²) < 4.78 is 25.2. The number of benzene rings is 2. The van der Waals surface area contributed by atoms with Gasteiger partial charge in [0.2, 0.25) is 0 Å². The van der Waals surface area contributed by atoms with Crippen LogP contribution < -0.4 is 0 Å². The van der Waals surface area contributed by atoms with E-state index in [1.54, 1.807) is 0 Å². The molecule has 162 valence electrons. The molecule has 1 saturated heterocycles. The van der Waals surface area contributed by atoms with E-state index in [4.69, 9.17) is 18.9 Å². The summed E-state index contributed by atoms with van der Waals surface area (Å²) in [7, 11) is 0. The van der Waals surface area contributed by atoms with Crippen LogP contribution in [0.5, 0.6) is 0 Å².